The van der Waals surface area contributed by atoms with Crippen LogP contribution in [0.5, 0.6) is 0 Å². The van der Waals surface area contributed by atoms with E-state index >= 15 is 0 Å². The lowest BCUT2D eigenvalue weighted by Crippen LogP contribution is -1.91. The van der Waals surface area contributed by atoms with E-state index in [1.165, 1.54) is 0 Å². The van der Waals surface area contributed by atoms with E-state index in [-0.39, 0.29) is 5.28 Å². The Labute approximate surface area is 138 Å². The van der Waals surface area contributed by atoms with E-state index < -0.39 is 0 Å². The summed E-state index contributed by atoms with van der Waals surface area (Å²) in [5.74, 6) is 0. The molecule has 0 aliphatic heterocycles. The van der Waals surface area contributed by atoms with Gasteiger partial charge in [0.1, 0.15) is 0 Å². The van der Waals surface area contributed by atoms with Crippen molar-refractivity contribution in [2.75, 3.05) is 0 Å². The molecule has 0 saturated heterocycles. The van der Waals surface area contributed by atoms with Crippen LogP contribution in [0.25, 0.3) is 33.3 Å². The molecule has 0 spiro atoms. The topological polar surface area (TPSA) is 38.7 Å². The average molecular weight is 318 g/mol. The minimum Gasteiger partial charge on any atom is -0.264 e. The first kappa shape index (κ1) is 13.9. The van der Waals surface area contributed by atoms with Gasteiger partial charge in [0, 0.05) is 23.3 Å². The van der Waals surface area contributed by atoms with Gasteiger partial charge in [-0.3, -0.25) is 4.98 Å². The van der Waals surface area contributed by atoms with E-state index in [2.05, 4.69) is 27.1 Å². The Morgan fingerprint density at radius 2 is 1.48 bits per heavy atom. The quantitative estimate of drug-likeness (QED) is 0.488. The van der Waals surface area contributed by atoms with Crippen LogP contribution < -0.4 is 0 Å². The number of aromatic nitrogens is 3. The third kappa shape index (κ3) is 2.67. The predicted octanol–water partition coefficient (Wildman–Crippen LogP) is 5.01. The summed E-state index contributed by atoms with van der Waals surface area (Å²) in [7, 11) is 0. The fourth-order valence-electron chi connectivity index (χ4n) is 2.62. The number of hydrogen-bond donors (Lipinski definition) is 0. The third-order valence-electron chi connectivity index (χ3n) is 3.73. The second-order valence-corrected chi connectivity index (χ2v) is 5.52. The molecule has 4 aromatic rings. The SMILES string of the molecule is Clc1nc(-c2ccc(-c3cccnc3)cc2)c2ccccc2n1. The lowest BCUT2D eigenvalue weighted by molar-refractivity contribution is 1.22. The smallest absolute Gasteiger partial charge is 0.223 e. The van der Waals surface area contributed by atoms with Gasteiger partial charge >= 0.3 is 0 Å². The molecule has 0 N–H and O–H groups in total. The van der Waals surface area contributed by atoms with Crippen LogP contribution in [-0.4, -0.2) is 15.0 Å². The third-order valence-corrected chi connectivity index (χ3v) is 3.90. The van der Waals surface area contributed by atoms with Crippen LogP contribution in [0.4, 0.5) is 0 Å². The molecule has 4 rings (SSSR count). The van der Waals surface area contributed by atoms with Crippen LogP contribution in [0.1, 0.15) is 0 Å². The monoisotopic (exact) mass is 317 g/mol. The Bertz CT molecular complexity index is 967. The summed E-state index contributed by atoms with van der Waals surface area (Å²) >= 11 is 6.07. The Balaban J connectivity index is 1.83. The molecule has 3 nitrogen and oxygen atoms in total. The normalized spacial score (nSPS) is 10.8. The average Bonchev–Trinajstić information content (AvgIpc) is 2.62. The van der Waals surface area contributed by atoms with Crippen LogP contribution in [0, 0.1) is 0 Å². The van der Waals surface area contributed by atoms with Crippen LogP contribution in [0.3, 0.4) is 0 Å². The van der Waals surface area contributed by atoms with Gasteiger partial charge in [0.25, 0.3) is 0 Å². The van der Waals surface area contributed by atoms with Gasteiger partial charge in [-0.2, -0.15) is 0 Å². The van der Waals surface area contributed by atoms with E-state index in [1.54, 1.807) is 6.20 Å². The van der Waals surface area contributed by atoms with Crippen molar-refractivity contribution in [2.45, 2.75) is 0 Å². The molecule has 0 atom stereocenters. The summed E-state index contributed by atoms with van der Waals surface area (Å²) in [6.45, 7) is 0. The highest BCUT2D eigenvalue weighted by Crippen LogP contribution is 2.29. The minimum absolute atomic E-state index is 0.259. The zero-order valence-electron chi connectivity index (χ0n) is 12.1. The summed E-state index contributed by atoms with van der Waals surface area (Å²) in [6.07, 6.45) is 3.62. The summed E-state index contributed by atoms with van der Waals surface area (Å²) in [4.78, 5) is 12.8. The first-order valence-corrected chi connectivity index (χ1v) is 7.62. The largest absolute Gasteiger partial charge is 0.264 e. The van der Waals surface area contributed by atoms with Crippen LogP contribution >= 0.6 is 11.6 Å². The van der Waals surface area contributed by atoms with Gasteiger partial charge in [-0.1, -0.05) is 48.5 Å². The molecule has 0 aliphatic rings. The fraction of sp³-hybridized carbons (Fsp3) is 0. The van der Waals surface area contributed by atoms with Gasteiger partial charge in [0.2, 0.25) is 5.28 Å². The fourth-order valence-corrected chi connectivity index (χ4v) is 2.80. The number of benzene rings is 2. The summed E-state index contributed by atoms with van der Waals surface area (Å²) in [5.41, 5.74) is 4.91. The maximum absolute atomic E-state index is 6.07. The molecule has 2 aromatic heterocycles. The Hall–Kier alpha value is -2.78. The van der Waals surface area contributed by atoms with Gasteiger partial charge in [-0.25, -0.2) is 9.97 Å². The standard InChI is InChI=1S/C19H12ClN3/c20-19-22-17-6-2-1-5-16(17)18(23-19)14-9-7-13(8-10-14)15-4-3-11-21-12-15/h1-12H. The zero-order valence-corrected chi connectivity index (χ0v) is 12.9. The van der Waals surface area contributed by atoms with Crippen molar-refractivity contribution >= 4 is 22.5 Å². The molecule has 2 heterocycles. The number of para-hydroxylation sites is 1. The van der Waals surface area contributed by atoms with Crippen molar-refractivity contribution in [1.82, 2.24) is 15.0 Å². The molecule has 0 aliphatic carbocycles. The lowest BCUT2D eigenvalue weighted by Gasteiger charge is -2.07. The summed E-state index contributed by atoms with van der Waals surface area (Å²) in [5, 5.41) is 1.25. The highest BCUT2D eigenvalue weighted by Gasteiger charge is 2.09. The van der Waals surface area contributed by atoms with Gasteiger partial charge in [-0.05, 0) is 34.9 Å². The second-order valence-electron chi connectivity index (χ2n) is 5.18. The molecular formula is C19H12ClN3. The molecule has 0 unspecified atom stereocenters. The van der Waals surface area contributed by atoms with Gasteiger partial charge in [0.05, 0.1) is 11.2 Å². The molecule has 23 heavy (non-hydrogen) atoms. The predicted molar refractivity (Wildman–Crippen MR) is 93.2 cm³/mol. The molecule has 0 fully saturated rings. The van der Waals surface area contributed by atoms with E-state index in [9.17, 15) is 0 Å². The Morgan fingerprint density at radius 1 is 0.696 bits per heavy atom. The van der Waals surface area contributed by atoms with Crippen LogP contribution in [0.15, 0.2) is 73.1 Å². The van der Waals surface area contributed by atoms with Crippen molar-refractivity contribution < 1.29 is 0 Å². The molecule has 0 radical (unpaired) electrons. The number of rotatable bonds is 2. The highest BCUT2D eigenvalue weighted by molar-refractivity contribution is 6.28. The Kier molecular flexibility index (Phi) is 3.48. The van der Waals surface area contributed by atoms with E-state index in [0.717, 1.165) is 33.3 Å². The first-order chi connectivity index (χ1) is 11.3. The number of halogens is 1. The van der Waals surface area contributed by atoms with Crippen LogP contribution in [-0.2, 0) is 0 Å². The van der Waals surface area contributed by atoms with E-state index in [4.69, 9.17) is 11.6 Å². The van der Waals surface area contributed by atoms with Crippen molar-refractivity contribution in [3.8, 4) is 22.4 Å². The summed E-state index contributed by atoms with van der Waals surface area (Å²) in [6, 6.07) is 20.1. The first-order valence-electron chi connectivity index (χ1n) is 7.24. The van der Waals surface area contributed by atoms with E-state index in [1.807, 2.05) is 54.7 Å². The van der Waals surface area contributed by atoms with Gasteiger partial charge in [-0.15, -0.1) is 0 Å². The van der Waals surface area contributed by atoms with Gasteiger partial charge < -0.3 is 0 Å². The maximum atomic E-state index is 6.07. The van der Waals surface area contributed by atoms with E-state index in [0.29, 0.717) is 0 Å². The molecule has 0 saturated carbocycles. The summed E-state index contributed by atoms with van der Waals surface area (Å²) < 4.78 is 0. The highest BCUT2D eigenvalue weighted by atomic mass is 35.5. The number of nitrogens with zero attached hydrogens (tertiary/aromatic N) is 3. The number of hydrogen-bond acceptors (Lipinski definition) is 3. The molecule has 4 heteroatoms. The molecule has 2 aromatic carbocycles. The second kappa shape index (κ2) is 5.78. The molecule has 110 valence electrons. The van der Waals surface area contributed by atoms with Gasteiger partial charge in [0.15, 0.2) is 0 Å². The van der Waals surface area contributed by atoms with Crippen molar-refractivity contribution in [3.63, 3.8) is 0 Å². The maximum Gasteiger partial charge on any atom is 0.223 e. The van der Waals surface area contributed by atoms with Crippen molar-refractivity contribution in [3.05, 3.63) is 78.3 Å². The molecule has 0 bridgehead atoms. The lowest BCUT2D eigenvalue weighted by atomic mass is 10.0. The van der Waals surface area contributed by atoms with Crippen molar-refractivity contribution in [2.24, 2.45) is 0 Å². The van der Waals surface area contributed by atoms with Crippen LogP contribution in [0.2, 0.25) is 5.28 Å². The molecular weight excluding hydrogens is 306 g/mol. The Morgan fingerprint density at radius 3 is 2.26 bits per heavy atom. The number of fused-ring (bicyclic) bond motifs is 1. The number of pyridine rings is 1. The van der Waals surface area contributed by atoms with Crippen molar-refractivity contribution in [1.29, 1.82) is 0 Å². The minimum atomic E-state index is 0.259. The zero-order chi connectivity index (χ0) is 15.6. The molecule has 0 amide bonds.